The summed E-state index contributed by atoms with van der Waals surface area (Å²) in [5, 5.41) is 0. The molecule has 0 saturated heterocycles. The van der Waals surface area contributed by atoms with E-state index in [2.05, 4.69) is 34.7 Å². The van der Waals surface area contributed by atoms with Gasteiger partial charge in [-0.05, 0) is 62.1 Å². The standard InChI is InChI=1S/C20H22N2O2S2/c1-4-24-12-11-22-17-10-5-14(2)13-18(17)26-20(22)21-19(23)15-6-8-16(25-3)9-7-15/h5-10,13H,4,11-12H2,1-3H3. The first-order chi connectivity index (χ1) is 12.6. The molecule has 26 heavy (non-hydrogen) atoms. The van der Waals surface area contributed by atoms with Gasteiger partial charge in [0.25, 0.3) is 5.91 Å². The molecule has 0 radical (unpaired) electrons. The number of carbonyl (C=O) groups excluding carboxylic acids is 1. The molecule has 3 aromatic rings. The number of aryl methyl sites for hydroxylation is 1. The molecule has 0 aliphatic carbocycles. The monoisotopic (exact) mass is 386 g/mol. The van der Waals surface area contributed by atoms with E-state index in [9.17, 15) is 4.79 Å². The first kappa shape index (κ1) is 18.9. The van der Waals surface area contributed by atoms with Crippen LogP contribution in [0.2, 0.25) is 0 Å². The van der Waals surface area contributed by atoms with Crippen LogP contribution in [-0.2, 0) is 11.3 Å². The van der Waals surface area contributed by atoms with Crippen molar-refractivity contribution in [1.29, 1.82) is 0 Å². The largest absolute Gasteiger partial charge is 0.380 e. The van der Waals surface area contributed by atoms with E-state index in [0.29, 0.717) is 30.1 Å². The first-order valence-electron chi connectivity index (χ1n) is 8.53. The molecule has 0 aliphatic heterocycles. The van der Waals surface area contributed by atoms with Gasteiger partial charge in [0.15, 0.2) is 4.80 Å². The highest BCUT2D eigenvalue weighted by Crippen LogP contribution is 2.19. The fourth-order valence-electron chi connectivity index (χ4n) is 2.67. The van der Waals surface area contributed by atoms with Crippen molar-refractivity contribution in [2.75, 3.05) is 19.5 Å². The molecule has 0 atom stereocenters. The highest BCUT2D eigenvalue weighted by atomic mass is 32.2. The molecule has 136 valence electrons. The zero-order valence-corrected chi connectivity index (χ0v) is 16.8. The number of hydrogen-bond acceptors (Lipinski definition) is 4. The number of thiazole rings is 1. The lowest BCUT2D eigenvalue weighted by Gasteiger charge is -2.05. The Morgan fingerprint density at radius 3 is 2.69 bits per heavy atom. The smallest absolute Gasteiger partial charge is 0.279 e. The van der Waals surface area contributed by atoms with Gasteiger partial charge in [0.2, 0.25) is 0 Å². The van der Waals surface area contributed by atoms with Crippen LogP contribution in [0.25, 0.3) is 10.2 Å². The summed E-state index contributed by atoms with van der Waals surface area (Å²) in [5.74, 6) is -0.217. The summed E-state index contributed by atoms with van der Waals surface area (Å²) < 4.78 is 8.71. The van der Waals surface area contributed by atoms with E-state index in [1.165, 1.54) is 5.56 Å². The number of nitrogens with zero attached hydrogens (tertiary/aromatic N) is 2. The van der Waals surface area contributed by atoms with Crippen molar-refractivity contribution < 1.29 is 9.53 Å². The Morgan fingerprint density at radius 1 is 1.23 bits per heavy atom. The summed E-state index contributed by atoms with van der Waals surface area (Å²) in [6, 6.07) is 13.9. The third-order valence-corrected chi connectivity index (χ3v) is 5.82. The number of fused-ring (bicyclic) bond motifs is 1. The van der Waals surface area contributed by atoms with Crippen molar-refractivity contribution in [3.8, 4) is 0 Å². The molecule has 6 heteroatoms. The SMILES string of the molecule is CCOCCn1c(=NC(=O)c2ccc(SC)cc2)sc2cc(C)ccc21. The summed E-state index contributed by atoms with van der Waals surface area (Å²) in [5.41, 5.74) is 2.89. The molecule has 0 aliphatic rings. The fourth-order valence-corrected chi connectivity index (χ4v) is 4.23. The van der Waals surface area contributed by atoms with Crippen molar-refractivity contribution in [3.63, 3.8) is 0 Å². The predicted molar refractivity (Wildman–Crippen MR) is 109 cm³/mol. The average molecular weight is 387 g/mol. The fraction of sp³-hybridized carbons (Fsp3) is 0.300. The van der Waals surface area contributed by atoms with Gasteiger partial charge < -0.3 is 9.30 Å². The maximum Gasteiger partial charge on any atom is 0.279 e. The molecule has 0 bridgehead atoms. The average Bonchev–Trinajstić information content (AvgIpc) is 2.98. The lowest BCUT2D eigenvalue weighted by Crippen LogP contribution is -2.19. The number of thioether (sulfide) groups is 1. The van der Waals surface area contributed by atoms with Gasteiger partial charge in [-0.2, -0.15) is 4.99 Å². The van der Waals surface area contributed by atoms with E-state index in [-0.39, 0.29) is 5.91 Å². The Kier molecular flexibility index (Phi) is 6.29. The molecular weight excluding hydrogens is 364 g/mol. The molecule has 3 rings (SSSR count). The summed E-state index contributed by atoms with van der Waals surface area (Å²) in [6.07, 6.45) is 2.02. The van der Waals surface area contributed by atoms with E-state index >= 15 is 0 Å². The maximum atomic E-state index is 12.6. The van der Waals surface area contributed by atoms with Crippen LogP contribution in [0.1, 0.15) is 22.8 Å². The van der Waals surface area contributed by atoms with E-state index in [4.69, 9.17) is 4.74 Å². The molecule has 0 unspecified atom stereocenters. The van der Waals surface area contributed by atoms with E-state index in [1.54, 1.807) is 23.1 Å². The van der Waals surface area contributed by atoms with Gasteiger partial charge in [0.05, 0.1) is 16.8 Å². The molecule has 1 heterocycles. The topological polar surface area (TPSA) is 43.6 Å². The van der Waals surface area contributed by atoms with E-state index in [1.807, 2.05) is 37.4 Å². The van der Waals surface area contributed by atoms with Crippen LogP contribution < -0.4 is 4.80 Å². The number of rotatable bonds is 6. The van der Waals surface area contributed by atoms with Crippen LogP contribution in [-0.4, -0.2) is 29.9 Å². The molecule has 1 aromatic heterocycles. The Morgan fingerprint density at radius 2 is 2.00 bits per heavy atom. The zero-order valence-electron chi connectivity index (χ0n) is 15.2. The van der Waals surface area contributed by atoms with Crippen molar-refractivity contribution in [3.05, 3.63) is 58.4 Å². The molecule has 0 fully saturated rings. The molecule has 0 N–H and O–H groups in total. The molecule has 4 nitrogen and oxygen atoms in total. The minimum absolute atomic E-state index is 0.217. The van der Waals surface area contributed by atoms with Crippen molar-refractivity contribution in [2.45, 2.75) is 25.3 Å². The summed E-state index contributed by atoms with van der Waals surface area (Å²) >= 11 is 3.20. The molecule has 2 aromatic carbocycles. The van der Waals surface area contributed by atoms with Gasteiger partial charge in [-0.15, -0.1) is 11.8 Å². The zero-order chi connectivity index (χ0) is 18.5. The lowest BCUT2D eigenvalue weighted by molar-refractivity contribution is 0.0996. The van der Waals surface area contributed by atoms with Gasteiger partial charge in [-0.25, -0.2) is 0 Å². The van der Waals surface area contributed by atoms with Crippen molar-refractivity contribution >= 4 is 39.2 Å². The minimum Gasteiger partial charge on any atom is -0.380 e. The Bertz CT molecular complexity index is 972. The third-order valence-electron chi connectivity index (χ3n) is 4.04. The van der Waals surface area contributed by atoms with Gasteiger partial charge in [0.1, 0.15) is 0 Å². The number of hydrogen-bond donors (Lipinski definition) is 0. The quantitative estimate of drug-likeness (QED) is 0.462. The van der Waals surface area contributed by atoms with Gasteiger partial charge in [-0.1, -0.05) is 17.4 Å². The highest BCUT2D eigenvalue weighted by Gasteiger charge is 2.10. The Labute approximate surface area is 161 Å². The van der Waals surface area contributed by atoms with Crippen LogP contribution in [0.4, 0.5) is 0 Å². The molecule has 1 amide bonds. The second-order valence-electron chi connectivity index (χ2n) is 5.85. The number of benzene rings is 2. The van der Waals surface area contributed by atoms with Crippen LogP contribution in [0.5, 0.6) is 0 Å². The summed E-state index contributed by atoms with van der Waals surface area (Å²) in [7, 11) is 0. The summed E-state index contributed by atoms with van der Waals surface area (Å²) in [4.78, 5) is 18.9. The van der Waals surface area contributed by atoms with Gasteiger partial charge >= 0.3 is 0 Å². The number of ether oxygens (including phenoxy) is 1. The maximum absolute atomic E-state index is 12.6. The number of carbonyl (C=O) groups is 1. The molecular formula is C20H22N2O2S2. The Balaban J connectivity index is 2.01. The number of aromatic nitrogens is 1. The molecule has 0 spiro atoms. The van der Waals surface area contributed by atoms with Gasteiger partial charge in [-0.3, -0.25) is 4.79 Å². The van der Waals surface area contributed by atoms with Gasteiger partial charge in [0, 0.05) is 23.6 Å². The third kappa shape index (κ3) is 4.26. The van der Waals surface area contributed by atoms with Crippen LogP contribution >= 0.6 is 23.1 Å². The second-order valence-corrected chi connectivity index (χ2v) is 7.74. The molecule has 0 saturated carbocycles. The van der Waals surface area contributed by atoms with Crippen LogP contribution in [0.3, 0.4) is 0 Å². The normalized spacial score (nSPS) is 12.0. The first-order valence-corrected chi connectivity index (χ1v) is 10.6. The Hall–Kier alpha value is -1.89. The van der Waals surface area contributed by atoms with Crippen LogP contribution in [0, 0.1) is 6.92 Å². The van der Waals surface area contributed by atoms with E-state index < -0.39 is 0 Å². The van der Waals surface area contributed by atoms with E-state index in [0.717, 1.165) is 15.1 Å². The van der Waals surface area contributed by atoms with Crippen LogP contribution in [0.15, 0.2) is 52.4 Å². The van der Waals surface area contributed by atoms with Crippen molar-refractivity contribution in [1.82, 2.24) is 4.57 Å². The van der Waals surface area contributed by atoms with Crippen molar-refractivity contribution in [2.24, 2.45) is 4.99 Å². The predicted octanol–water partition coefficient (Wildman–Crippen LogP) is 4.51. The summed E-state index contributed by atoms with van der Waals surface area (Å²) in [6.45, 7) is 6.00. The lowest BCUT2D eigenvalue weighted by atomic mass is 10.2. The minimum atomic E-state index is -0.217. The second kappa shape index (κ2) is 8.66. The highest BCUT2D eigenvalue weighted by molar-refractivity contribution is 7.98. The number of amides is 1.